The third kappa shape index (κ3) is 3.34. The van der Waals surface area contributed by atoms with Crippen LogP contribution in [0.3, 0.4) is 0 Å². The van der Waals surface area contributed by atoms with E-state index in [2.05, 4.69) is 10.2 Å². The Hall–Kier alpha value is -1.62. The van der Waals surface area contributed by atoms with Crippen LogP contribution in [0, 0.1) is 11.2 Å². The molecule has 0 radical (unpaired) electrons. The van der Waals surface area contributed by atoms with Gasteiger partial charge in [-0.15, -0.1) is 0 Å². The second-order valence-corrected chi connectivity index (χ2v) is 6.75. The topological polar surface area (TPSA) is 41.6 Å². The largest absolute Gasteiger partial charge is 0.384 e. The van der Waals surface area contributed by atoms with Crippen molar-refractivity contribution in [3.63, 3.8) is 0 Å². The number of ether oxygens (including phenoxy) is 1. The predicted octanol–water partition coefficient (Wildman–Crippen LogP) is 2.73. The van der Waals surface area contributed by atoms with Crippen molar-refractivity contribution in [1.29, 1.82) is 0 Å². The highest BCUT2D eigenvalue weighted by Gasteiger charge is 2.44. The maximum Gasteiger partial charge on any atom is 0.228 e. The van der Waals surface area contributed by atoms with Gasteiger partial charge in [-0.3, -0.25) is 4.79 Å². The van der Waals surface area contributed by atoms with Gasteiger partial charge < -0.3 is 15.0 Å². The van der Waals surface area contributed by atoms with Crippen molar-refractivity contribution in [1.82, 2.24) is 5.32 Å². The molecule has 23 heavy (non-hydrogen) atoms. The summed E-state index contributed by atoms with van der Waals surface area (Å²) in [5.74, 6) is -0.0431. The van der Waals surface area contributed by atoms with Crippen LogP contribution in [0.25, 0.3) is 0 Å². The van der Waals surface area contributed by atoms with Crippen LogP contribution in [0.1, 0.15) is 32.1 Å². The van der Waals surface area contributed by atoms with Gasteiger partial charge >= 0.3 is 0 Å². The molecule has 0 unspecified atom stereocenters. The second-order valence-electron chi connectivity index (χ2n) is 6.75. The molecular formula is C18H25FN2O2. The molecule has 1 heterocycles. The fourth-order valence-corrected chi connectivity index (χ4v) is 3.63. The first-order chi connectivity index (χ1) is 11.1. The fourth-order valence-electron chi connectivity index (χ4n) is 3.63. The number of methoxy groups -OCH3 is 1. The summed E-state index contributed by atoms with van der Waals surface area (Å²) in [6, 6.07) is 7.06. The fraction of sp³-hybridized carbons (Fsp3) is 0.611. The summed E-state index contributed by atoms with van der Waals surface area (Å²) in [6.07, 6.45) is 4.64. The Balaban J connectivity index is 1.53. The number of carbonyl (C=O) groups is 1. The van der Waals surface area contributed by atoms with Crippen LogP contribution in [-0.4, -0.2) is 38.8 Å². The average molecular weight is 320 g/mol. The molecule has 3 rings (SSSR count). The monoisotopic (exact) mass is 320 g/mol. The zero-order valence-corrected chi connectivity index (χ0v) is 13.7. The van der Waals surface area contributed by atoms with Gasteiger partial charge in [0.2, 0.25) is 5.91 Å². The molecule has 2 aliphatic rings. The van der Waals surface area contributed by atoms with Gasteiger partial charge in [0.1, 0.15) is 5.82 Å². The van der Waals surface area contributed by atoms with E-state index < -0.39 is 0 Å². The van der Waals surface area contributed by atoms with Crippen LogP contribution in [0.15, 0.2) is 24.3 Å². The van der Waals surface area contributed by atoms with Gasteiger partial charge in [0.25, 0.3) is 0 Å². The number of rotatable bonds is 5. The van der Waals surface area contributed by atoms with Crippen molar-refractivity contribution >= 4 is 11.6 Å². The van der Waals surface area contributed by atoms with Crippen LogP contribution < -0.4 is 10.2 Å². The molecule has 1 aromatic carbocycles. The van der Waals surface area contributed by atoms with Crippen molar-refractivity contribution in [2.24, 2.45) is 5.41 Å². The minimum absolute atomic E-state index is 0.134. The van der Waals surface area contributed by atoms with Gasteiger partial charge in [0.05, 0.1) is 17.7 Å². The molecule has 1 N–H and O–H groups in total. The normalized spacial score (nSPS) is 20.9. The molecule has 126 valence electrons. The van der Waals surface area contributed by atoms with Crippen LogP contribution in [-0.2, 0) is 9.53 Å². The number of piperidine rings is 1. The minimum atomic E-state index is -0.308. The van der Waals surface area contributed by atoms with Crippen LogP contribution in [0.4, 0.5) is 10.1 Å². The number of halogens is 1. The highest BCUT2D eigenvalue weighted by Crippen LogP contribution is 2.41. The number of benzene rings is 1. The first-order valence-corrected chi connectivity index (χ1v) is 8.44. The Morgan fingerprint density at radius 2 is 2.04 bits per heavy atom. The number of carbonyl (C=O) groups excluding carboxylic acids is 1. The molecule has 0 atom stereocenters. The van der Waals surface area contributed by atoms with Gasteiger partial charge in [-0.05, 0) is 37.8 Å². The number of hydrogen-bond acceptors (Lipinski definition) is 3. The molecule has 1 aromatic rings. The van der Waals surface area contributed by atoms with E-state index in [1.807, 2.05) is 12.1 Å². The van der Waals surface area contributed by atoms with Crippen molar-refractivity contribution in [2.75, 3.05) is 31.7 Å². The maximum absolute atomic E-state index is 13.9. The number of nitrogens with zero attached hydrogens (tertiary/aromatic N) is 1. The van der Waals surface area contributed by atoms with Gasteiger partial charge in [-0.1, -0.05) is 18.6 Å². The van der Waals surface area contributed by atoms with E-state index in [0.29, 0.717) is 12.3 Å². The highest BCUT2D eigenvalue weighted by atomic mass is 19.1. The Bertz CT molecular complexity index is 552. The summed E-state index contributed by atoms with van der Waals surface area (Å²) in [5, 5.41) is 3.19. The Morgan fingerprint density at radius 1 is 1.35 bits per heavy atom. The lowest BCUT2D eigenvalue weighted by Crippen LogP contribution is -2.53. The standard InChI is InChI=1S/C18H25FN2O2/c1-23-13-18(9-4-10-18)17(22)20-14-7-11-21(12-8-14)16-6-3-2-5-15(16)19/h2-3,5-6,14H,4,7-13H2,1H3,(H,20,22). The van der Waals surface area contributed by atoms with Gasteiger partial charge in [-0.25, -0.2) is 4.39 Å². The number of amides is 1. The predicted molar refractivity (Wildman–Crippen MR) is 87.9 cm³/mol. The molecule has 4 nitrogen and oxygen atoms in total. The van der Waals surface area contributed by atoms with Crippen molar-refractivity contribution in [2.45, 2.75) is 38.1 Å². The van der Waals surface area contributed by atoms with Crippen molar-refractivity contribution in [3.8, 4) is 0 Å². The summed E-state index contributed by atoms with van der Waals surface area (Å²) in [5.41, 5.74) is 0.351. The second kappa shape index (κ2) is 6.87. The third-order valence-electron chi connectivity index (χ3n) is 5.24. The van der Waals surface area contributed by atoms with Crippen LogP contribution >= 0.6 is 0 Å². The number of nitrogens with one attached hydrogen (secondary N) is 1. The molecule has 5 heteroatoms. The highest BCUT2D eigenvalue weighted by molar-refractivity contribution is 5.84. The Kier molecular flexibility index (Phi) is 4.85. The molecule has 1 saturated carbocycles. The smallest absolute Gasteiger partial charge is 0.228 e. The van der Waals surface area contributed by atoms with Gasteiger partial charge in [0.15, 0.2) is 0 Å². The molecule has 1 aliphatic heterocycles. The van der Waals surface area contributed by atoms with E-state index in [1.165, 1.54) is 6.07 Å². The van der Waals surface area contributed by atoms with E-state index in [-0.39, 0.29) is 23.2 Å². The molecular weight excluding hydrogens is 295 g/mol. The van der Waals surface area contributed by atoms with E-state index in [1.54, 1.807) is 13.2 Å². The summed E-state index contributed by atoms with van der Waals surface area (Å²) in [4.78, 5) is 14.6. The summed E-state index contributed by atoms with van der Waals surface area (Å²) in [6.45, 7) is 2.04. The molecule has 0 bridgehead atoms. The lowest BCUT2D eigenvalue weighted by atomic mass is 9.68. The first-order valence-electron chi connectivity index (χ1n) is 8.44. The summed E-state index contributed by atoms with van der Waals surface area (Å²) in [7, 11) is 1.65. The SMILES string of the molecule is COCC1(C(=O)NC2CCN(c3ccccc3F)CC2)CCC1. The zero-order chi connectivity index (χ0) is 16.3. The number of anilines is 1. The maximum atomic E-state index is 13.9. The van der Waals surface area contributed by atoms with E-state index in [4.69, 9.17) is 4.74 Å². The van der Waals surface area contributed by atoms with Gasteiger partial charge in [0, 0.05) is 26.2 Å². The zero-order valence-electron chi connectivity index (χ0n) is 13.7. The molecule has 0 spiro atoms. The van der Waals surface area contributed by atoms with Crippen molar-refractivity contribution < 1.29 is 13.9 Å². The summed E-state index contributed by atoms with van der Waals surface area (Å²) < 4.78 is 19.1. The molecule has 1 aliphatic carbocycles. The average Bonchev–Trinajstić information content (AvgIpc) is 2.52. The number of para-hydroxylation sites is 1. The Labute approximate surface area is 137 Å². The van der Waals surface area contributed by atoms with E-state index in [0.717, 1.165) is 45.2 Å². The molecule has 1 amide bonds. The molecule has 0 aromatic heterocycles. The summed E-state index contributed by atoms with van der Waals surface area (Å²) >= 11 is 0. The van der Waals surface area contributed by atoms with Crippen molar-refractivity contribution in [3.05, 3.63) is 30.1 Å². The van der Waals surface area contributed by atoms with E-state index >= 15 is 0 Å². The molecule has 1 saturated heterocycles. The lowest BCUT2D eigenvalue weighted by molar-refractivity contribution is -0.141. The van der Waals surface area contributed by atoms with Crippen LogP contribution in [0.5, 0.6) is 0 Å². The van der Waals surface area contributed by atoms with Crippen LogP contribution in [0.2, 0.25) is 0 Å². The van der Waals surface area contributed by atoms with E-state index in [9.17, 15) is 9.18 Å². The van der Waals surface area contributed by atoms with Gasteiger partial charge in [-0.2, -0.15) is 0 Å². The molecule has 2 fully saturated rings. The Morgan fingerprint density at radius 3 is 2.61 bits per heavy atom. The lowest BCUT2D eigenvalue weighted by Gasteiger charge is -2.41. The minimum Gasteiger partial charge on any atom is -0.384 e. The quantitative estimate of drug-likeness (QED) is 0.907. The first kappa shape index (κ1) is 16.2. The number of hydrogen-bond donors (Lipinski definition) is 1. The third-order valence-corrected chi connectivity index (χ3v) is 5.24.